The number of aryl methyl sites for hydroxylation is 2. The van der Waals surface area contributed by atoms with Gasteiger partial charge < -0.3 is 14.2 Å². The molecule has 0 radical (unpaired) electrons. The highest BCUT2D eigenvalue weighted by atomic mass is 16.5. The summed E-state index contributed by atoms with van der Waals surface area (Å²) in [6.07, 6.45) is 1.60. The fourth-order valence-corrected chi connectivity index (χ4v) is 6.24. The maximum absolute atomic E-state index is 13.9. The van der Waals surface area contributed by atoms with Crippen molar-refractivity contribution in [3.63, 3.8) is 0 Å². The molecule has 2 heterocycles. The second kappa shape index (κ2) is 12.8. The molecule has 2 unspecified atom stereocenters. The molecule has 0 aliphatic heterocycles. The molecule has 2 atom stereocenters. The van der Waals surface area contributed by atoms with Crippen LogP contribution in [0.3, 0.4) is 0 Å². The third kappa shape index (κ3) is 6.49. The van der Waals surface area contributed by atoms with Crippen LogP contribution in [0.4, 0.5) is 5.69 Å². The van der Waals surface area contributed by atoms with Crippen LogP contribution in [0.2, 0.25) is 0 Å². The average molecular weight is 578 g/mol. The van der Waals surface area contributed by atoms with Gasteiger partial charge in [-0.1, -0.05) is 38.0 Å². The van der Waals surface area contributed by atoms with Gasteiger partial charge in [0.25, 0.3) is 0 Å². The van der Waals surface area contributed by atoms with Crippen LogP contribution in [0.5, 0.6) is 0 Å². The van der Waals surface area contributed by atoms with Gasteiger partial charge >= 0.3 is 17.9 Å². The average Bonchev–Trinajstić information content (AvgIpc) is 3.47. The van der Waals surface area contributed by atoms with E-state index in [1.165, 1.54) is 19.1 Å². The van der Waals surface area contributed by atoms with E-state index in [1.54, 1.807) is 4.52 Å². The SMILES string of the molecule is [C-]#[N+]c1c(C(=O)OC2C(C)CC(C)CC2C)c2nc(-c3cc(C)cc(C)c3)[nH]n2c1CN(CC(=O)OC)CC(=O)OC. The molecule has 3 aromatic rings. The van der Waals surface area contributed by atoms with Gasteiger partial charge in [0.1, 0.15) is 11.7 Å². The summed E-state index contributed by atoms with van der Waals surface area (Å²) in [5, 5.41) is 3.25. The molecule has 42 heavy (non-hydrogen) atoms. The number of benzene rings is 1. The summed E-state index contributed by atoms with van der Waals surface area (Å²) >= 11 is 0. The zero-order valence-electron chi connectivity index (χ0n) is 25.3. The van der Waals surface area contributed by atoms with Crippen molar-refractivity contribution in [2.45, 2.75) is 60.1 Å². The van der Waals surface area contributed by atoms with Crippen LogP contribution in [0.15, 0.2) is 18.2 Å². The topological polar surface area (TPSA) is 120 Å². The Morgan fingerprint density at radius 3 is 2.12 bits per heavy atom. The van der Waals surface area contributed by atoms with Crippen molar-refractivity contribution in [1.82, 2.24) is 19.5 Å². The molecular formula is C31H39N5O6. The highest BCUT2D eigenvalue weighted by Gasteiger charge is 2.37. The smallest absolute Gasteiger partial charge is 0.331 e. The van der Waals surface area contributed by atoms with E-state index < -0.39 is 17.9 Å². The van der Waals surface area contributed by atoms with E-state index in [4.69, 9.17) is 25.8 Å². The van der Waals surface area contributed by atoms with Gasteiger partial charge in [-0.2, -0.15) is 0 Å². The quantitative estimate of drug-likeness (QED) is 0.217. The Hall–Kier alpha value is -4.17. The number of hydrogen-bond donors (Lipinski definition) is 1. The number of H-pyrrole nitrogens is 1. The van der Waals surface area contributed by atoms with Crippen molar-refractivity contribution in [2.75, 3.05) is 27.3 Å². The number of fused-ring (bicyclic) bond motifs is 1. The van der Waals surface area contributed by atoms with Gasteiger partial charge in [0.15, 0.2) is 11.5 Å². The predicted molar refractivity (Wildman–Crippen MR) is 156 cm³/mol. The standard InChI is InChI=1S/C31H39N5O6/c1-17-9-18(2)13-22(12-17)29-33-30-26(31(39)42-28-20(4)10-19(3)11-21(28)5)27(32-6)23(36(30)34-29)14-35(15-24(37)40-7)16-25(38)41-8/h9,12-13,19-21,28H,10-11,14-16H2,1-5,7-8H3,(H,33,34). The van der Waals surface area contributed by atoms with Gasteiger partial charge in [-0.15, -0.1) is 0 Å². The molecule has 2 aromatic heterocycles. The molecule has 4 rings (SSSR count). The van der Waals surface area contributed by atoms with E-state index in [0.29, 0.717) is 17.4 Å². The van der Waals surface area contributed by atoms with Gasteiger partial charge in [0.05, 0.1) is 39.6 Å². The Labute approximate surface area is 245 Å². The molecular weight excluding hydrogens is 538 g/mol. The highest BCUT2D eigenvalue weighted by molar-refractivity contribution is 6.04. The van der Waals surface area contributed by atoms with E-state index in [0.717, 1.165) is 29.5 Å². The molecule has 11 heteroatoms. The minimum atomic E-state index is -0.617. The summed E-state index contributed by atoms with van der Waals surface area (Å²) in [6.45, 7) is 17.9. The van der Waals surface area contributed by atoms with Crippen molar-refractivity contribution >= 4 is 29.2 Å². The first-order valence-corrected chi connectivity index (χ1v) is 14.1. The Morgan fingerprint density at radius 1 is 1.02 bits per heavy atom. The lowest BCUT2D eigenvalue weighted by molar-refractivity contribution is -0.145. The van der Waals surface area contributed by atoms with E-state index in [-0.39, 0.29) is 54.5 Å². The number of nitrogens with one attached hydrogen (secondary N) is 1. The normalized spacial score (nSPS) is 20.4. The number of aromatic amines is 1. The van der Waals surface area contributed by atoms with Crippen molar-refractivity contribution in [2.24, 2.45) is 17.8 Å². The first kappa shape index (κ1) is 30.8. The predicted octanol–water partition coefficient (Wildman–Crippen LogP) is 4.87. The number of hydrogen-bond acceptors (Lipinski definition) is 8. The molecule has 0 amide bonds. The third-order valence-corrected chi connectivity index (χ3v) is 7.91. The Bertz CT molecular complexity index is 1480. The zero-order valence-corrected chi connectivity index (χ0v) is 25.3. The van der Waals surface area contributed by atoms with Gasteiger partial charge in [-0.25, -0.2) is 14.6 Å². The highest BCUT2D eigenvalue weighted by Crippen LogP contribution is 2.38. The largest absolute Gasteiger partial charge is 0.468 e. The maximum Gasteiger partial charge on any atom is 0.331 e. The first-order valence-electron chi connectivity index (χ1n) is 14.1. The minimum Gasteiger partial charge on any atom is -0.468 e. The van der Waals surface area contributed by atoms with E-state index in [9.17, 15) is 14.4 Å². The lowest BCUT2D eigenvalue weighted by Crippen LogP contribution is -2.37. The number of carbonyl (C=O) groups excluding carboxylic acids is 3. The van der Waals surface area contributed by atoms with Crippen LogP contribution in [0.25, 0.3) is 21.9 Å². The number of carbonyl (C=O) groups is 3. The lowest BCUT2D eigenvalue weighted by atomic mass is 9.75. The molecule has 0 bridgehead atoms. The molecule has 0 spiro atoms. The molecule has 1 aromatic carbocycles. The summed E-state index contributed by atoms with van der Waals surface area (Å²) < 4.78 is 17.3. The number of esters is 3. The lowest BCUT2D eigenvalue weighted by Gasteiger charge is -2.37. The van der Waals surface area contributed by atoms with Crippen molar-refractivity contribution in [3.05, 3.63) is 52.0 Å². The second-order valence-corrected chi connectivity index (χ2v) is 11.6. The summed E-state index contributed by atoms with van der Waals surface area (Å²) in [4.78, 5) is 48.3. The fraction of sp³-hybridized carbons (Fsp3) is 0.516. The number of nitrogens with zero attached hydrogens (tertiary/aromatic N) is 4. The molecule has 1 fully saturated rings. The zero-order chi connectivity index (χ0) is 30.7. The van der Waals surface area contributed by atoms with Crippen LogP contribution < -0.4 is 0 Å². The number of ether oxygens (including phenoxy) is 3. The summed E-state index contributed by atoms with van der Waals surface area (Å²) in [5.74, 6) is -0.363. The van der Waals surface area contributed by atoms with E-state index in [2.05, 4.69) is 36.8 Å². The molecule has 11 nitrogen and oxygen atoms in total. The third-order valence-electron chi connectivity index (χ3n) is 7.91. The van der Waals surface area contributed by atoms with Crippen LogP contribution in [0, 0.1) is 38.2 Å². The summed E-state index contributed by atoms with van der Waals surface area (Å²) in [6, 6.07) is 6.01. The van der Waals surface area contributed by atoms with E-state index >= 15 is 0 Å². The number of rotatable bonds is 9. The monoisotopic (exact) mass is 577 g/mol. The molecule has 224 valence electrons. The molecule has 1 N–H and O–H groups in total. The molecule has 0 saturated heterocycles. The Morgan fingerprint density at radius 2 is 1.60 bits per heavy atom. The summed E-state index contributed by atoms with van der Waals surface area (Å²) in [5.41, 5.74) is 3.62. The van der Waals surface area contributed by atoms with Crippen LogP contribution in [0.1, 0.15) is 60.8 Å². The molecule has 1 aliphatic rings. The van der Waals surface area contributed by atoms with Gasteiger partial charge in [0, 0.05) is 12.1 Å². The maximum atomic E-state index is 13.9. The van der Waals surface area contributed by atoms with Gasteiger partial charge in [0.2, 0.25) is 5.69 Å². The van der Waals surface area contributed by atoms with E-state index in [1.807, 2.05) is 26.0 Å². The second-order valence-electron chi connectivity index (χ2n) is 11.6. The van der Waals surface area contributed by atoms with Gasteiger partial charge in [-0.3, -0.25) is 24.1 Å². The van der Waals surface area contributed by atoms with Crippen molar-refractivity contribution in [3.8, 4) is 11.4 Å². The fourth-order valence-electron chi connectivity index (χ4n) is 6.24. The van der Waals surface area contributed by atoms with Crippen molar-refractivity contribution < 1.29 is 28.6 Å². The number of aromatic nitrogens is 3. The first-order chi connectivity index (χ1) is 19.9. The van der Waals surface area contributed by atoms with Crippen LogP contribution in [-0.4, -0.2) is 70.8 Å². The molecule has 1 saturated carbocycles. The Balaban J connectivity index is 1.84. The van der Waals surface area contributed by atoms with Crippen molar-refractivity contribution in [1.29, 1.82) is 0 Å². The minimum absolute atomic E-state index is 0.0431. The van der Waals surface area contributed by atoms with Crippen LogP contribution in [-0.2, 0) is 30.3 Å². The summed E-state index contributed by atoms with van der Waals surface area (Å²) in [7, 11) is 2.51. The Kier molecular flexibility index (Phi) is 9.36. The number of methoxy groups -OCH3 is 2. The van der Waals surface area contributed by atoms with Gasteiger partial charge in [-0.05, 0) is 56.6 Å². The van der Waals surface area contributed by atoms with Crippen LogP contribution >= 0.6 is 0 Å². The molecule has 1 aliphatic carbocycles.